The van der Waals surface area contributed by atoms with E-state index < -0.39 is 17.7 Å². The number of halogens is 2. The molecule has 3 aromatic rings. The van der Waals surface area contributed by atoms with Crippen molar-refractivity contribution in [2.45, 2.75) is 0 Å². The summed E-state index contributed by atoms with van der Waals surface area (Å²) in [7, 11) is 0. The van der Waals surface area contributed by atoms with Gasteiger partial charge >= 0.3 is 5.97 Å². The van der Waals surface area contributed by atoms with Gasteiger partial charge in [0.25, 0.3) is 5.91 Å². The van der Waals surface area contributed by atoms with Crippen molar-refractivity contribution in [3.05, 3.63) is 77.6 Å². The zero-order chi connectivity index (χ0) is 21.3. The van der Waals surface area contributed by atoms with E-state index in [-0.39, 0.29) is 16.8 Å². The summed E-state index contributed by atoms with van der Waals surface area (Å²) in [5, 5.41) is 9.26. The molecule has 0 saturated heterocycles. The number of carbonyl (C=O) groups is 2. The van der Waals surface area contributed by atoms with Crippen molar-refractivity contribution >= 4 is 29.3 Å². The number of anilines is 1. The molecule has 152 valence electrons. The highest BCUT2D eigenvalue weighted by Gasteiger charge is 2.24. The number of nitrogens with zero attached hydrogens (tertiary/aromatic N) is 1. The molecule has 4 rings (SSSR count). The fourth-order valence-corrected chi connectivity index (χ4v) is 3.37. The number of carboxylic acids is 1. The number of amides is 1. The Balaban J connectivity index is 1.64. The van der Waals surface area contributed by atoms with Gasteiger partial charge < -0.3 is 14.6 Å². The highest BCUT2D eigenvalue weighted by molar-refractivity contribution is 6.39. The van der Waals surface area contributed by atoms with Crippen LogP contribution in [0.5, 0.6) is 11.5 Å². The predicted octanol–water partition coefficient (Wildman–Crippen LogP) is 4.76. The zero-order valence-corrected chi connectivity index (χ0v) is 16.2. The van der Waals surface area contributed by atoms with Crippen molar-refractivity contribution in [3.8, 4) is 22.6 Å². The molecule has 8 heteroatoms. The van der Waals surface area contributed by atoms with Gasteiger partial charge in [0.15, 0.2) is 11.5 Å². The Kier molecular flexibility index (Phi) is 5.29. The molecule has 1 aliphatic heterocycles. The minimum atomic E-state index is -1.28. The van der Waals surface area contributed by atoms with Crippen LogP contribution in [0.15, 0.2) is 60.7 Å². The highest BCUT2D eigenvalue weighted by atomic mass is 35.5. The van der Waals surface area contributed by atoms with E-state index >= 15 is 0 Å². The third-order valence-electron chi connectivity index (χ3n) is 4.60. The van der Waals surface area contributed by atoms with Crippen molar-refractivity contribution in [2.24, 2.45) is 0 Å². The van der Waals surface area contributed by atoms with Crippen molar-refractivity contribution in [1.29, 1.82) is 0 Å². The Morgan fingerprint density at radius 1 is 0.900 bits per heavy atom. The third kappa shape index (κ3) is 3.67. The van der Waals surface area contributed by atoms with E-state index in [2.05, 4.69) is 0 Å². The Labute approximate surface area is 176 Å². The van der Waals surface area contributed by atoms with Crippen LogP contribution in [0.2, 0.25) is 0 Å². The highest BCUT2D eigenvalue weighted by Crippen LogP contribution is 2.36. The minimum Gasteiger partial charge on any atom is -0.486 e. The Morgan fingerprint density at radius 2 is 1.53 bits per heavy atom. The number of fused-ring (bicyclic) bond motifs is 1. The van der Waals surface area contributed by atoms with E-state index in [1.165, 1.54) is 36.4 Å². The van der Waals surface area contributed by atoms with Crippen LogP contribution in [0, 0.1) is 5.82 Å². The van der Waals surface area contributed by atoms with E-state index in [1.54, 1.807) is 24.3 Å². The summed E-state index contributed by atoms with van der Waals surface area (Å²) in [6, 6.07) is 15.1. The van der Waals surface area contributed by atoms with E-state index in [0.717, 1.165) is 0 Å². The molecular formula is C22H15ClFNO5. The normalized spacial score (nSPS) is 12.3. The van der Waals surface area contributed by atoms with Gasteiger partial charge in [0, 0.05) is 11.8 Å². The van der Waals surface area contributed by atoms with Crippen molar-refractivity contribution in [1.82, 2.24) is 0 Å². The number of carboxylic acid groups (broad SMARTS) is 1. The molecule has 0 radical (unpaired) electrons. The lowest BCUT2D eigenvalue weighted by Gasteiger charge is -2.19. The number of hydrogen-bond donors (Lipinski definition) is 1. The molecule has 0 saturated carbocycles. The molecule has 1 N–H and O–H groups in total. The quantitative estimate of drug-likeness (QED) is 0.607. The molecule has 0 bridgehead atoms. The lowest BCUT2D eigenvalue weighted by atomic mass is 10.0. The maximum absolute atomic E-state index is 14.8. The second-order valence-corrected chi connectivity index (χ2v) is 6.80. The average Bonchev–Trinajstić information content (AvgIpc) is 2.77. The first-order valence-corrected chi connectivity index (χ1v) is 9.31. The third-order valence-corrected chi connectivity index (χ3v) is 4.94. The smallest absolute Gasteiger partial charge is 0.336 e. The summed E-state index contributed by atoms with van der Waals surface area (Å²) in [4.78, 5) is 24.0. The average molecular weight is 428 g/mol. The molecule has 3 aromatic carbocycles. The van der Waals surface area contributed by atoms with Crippen LogP contribution in [0.25, 0.3) is 11.1 Å². The van der Waals surface area contributed by atoms with Crippen molar-refractivity contribution < 1.29 is 28.6 Å². The fraction of sp³-hybridized carbons (Fsp3) is 0.0909. The van der Waals surface area contributed by atoms with Crippen LogP contribution in [0.4, 0.5) is 10.1 Å². The van der Waals surface area contributed by atoms with Crippen molar-refractivity contribution in [3.63, 3.8) is 0 Å². The first-order chi connectivity index (χ1) is 14.5. The van der Waals surface area contributed by atoms with Gasteiger partial charge in [-0.1, -0.05) is 24.3 Å². The van der Waals surface area contributed by atoms with Crippen LogP contribution in [0.3, 0.4) is 0 Å². The standard InChI is InChI=1S/C22H15ClFNO5/c23-25(21(26)15-3-1-2-4-16(15)22(27)28)18-7-5-13(11-17(18)24)14-6-8-19-20(12-14)30-10-9-29-19/h1-8,11-12H,9-10H2,(H,27,28). The van der Waals surface area contributed by atoms with Crippen LogP contribution < -0.4 is 13.9 Å². The summed E-state index contributed by atoms with van der Waals surface area (Å²) < 4.78 is 26.4. The Hall–Kier alpha value is -3.58. The summed E-state index contributed by atoms with van der Waals surface area (Å²) >= 11 is 6.08. The zero-order valence-electron chi connectivity index (χ0n) is 15.5. The van der Waals surface area contributed by atoms with Crippen LogP contribution in [0.1, 0.15) is 20.7 Å². The maximum Gasteiger partial charge on any atom is 0.336 e. The number of ether oxygens (including phenoxy) is 2. The van der Waals surface area contributed by atoms with Crippen LogP contribution in [-0.2, 0) is 0 Å². The Bertz CT molecular complexity index is 1150. The molecule has 0 spiro atoms. The summed E-state index contributed by atoms with van der Waals surface area (Å²) in [5.41, 5.74) is 0.699. The van der Waals surface area contributed by atoms with E-state index in [9.17, 15) is 19.1 Å². The molecule has 6 nitrogen and oxygen atoms in total. The van der Waals surface area contributed by atoms with Gasteiger partial charge in [-0.3, -0.25) is 4.79 Å². The molecule has 0 aliphatic carbocycles. The van der Waals surface area contributed by atoms with Gasteiger partial charge in [-0.15, -0.1) is 0 Å². The second-order valence-electron chi connectivity index (χ2n) is 6.46. The summed E-state index contributed by atoms with van der Waals surface area (Å²) in [6.07, 6.45) is 0. The lowest BCUT2D eigenvalue weighted by molar-refractivity contribution is 0.0692. The molecule has 30 heavy (non-hydrogen) atoms. The molecular weight excluding hydrogens is 413 g/mol. The molecule has 0 fully saturated rings. The minimum absolute atomic E-state index is 0.143. The monoisotopic (exact) mass is 427 g/mol. The number of aromatic carboxylic acids is 1. The van der Waals surface area contributed by atoms with Gasteiger partial charge in [0.1, 0.15) is 19.0 Å². The maximum atomic E-state index is 14.8. The molecule has 0 unspecified atom stereocenters. The summed E-state index contributed by atoms with van der Waals surface area (Å²) in [5.74, 6) is -1.67. The molecule has 0 aromatic heterocycles. The van der Waals surface area contributed by atoms with Gasteiger partial charge in [-0.05, 0) is 47.5 Å². The number of carbonyl (C=O) groups excluding carboxylic acids is 1. The number of benzene rings is 3. The topological polar surface area (TPSA) is 76.1 Å². The largest absolute Gasteiger partial charge is 0.486 e. The van der Waals surface area contributed by atoms with Gasteiger partial charge in [-0.25, -0.2) is 13.6 Å². The second kappa shape index (κ2) is 8.04. The fourth-order valence-electron chi connectivity index (χ4n) is 3.14. The molecule has 1 heterocycles. The van der Waals surface area contributed by atoms with Gasteiger partial charge in [-0.2, -0.15) is 0 Å². The first-order valence-electron chi connectivity index (χ1n) is 8.98. The van der Waals surface area contributed by atoms with Crippen molar-refractivity contribution in [2.75, 3.05) is 17.6 Å². The van der Waals surface area contributed by atoms with Gasteiger partial charge in [0.05, 0.1) is 16.8 Å². The predicted molar refractivity (Wildman–Crippen MR) is 109 cm³/mol. The van der Waals surface area contributed by atoms with Crippen LogP contribution >= 0.6 is 11.8 Å². The molecule has 1 amide bonds. The lowest BCUT2D eigenvalue weighted by Crippen LogP contribution is -2.24. The summed E-state index contributed by atoms with van der Waals surface area (Å²) in [6.45, 7) is 0.908. The number of hydrogen-bond acceptors (Lipinski definition) is 4. The molecule has 0 atom stereocenters. The van der Waals surface area contributed by atoms with Crippen LogP contribution in [-0.4, -0.2) is 30.2 Å². The van der Waals surface area contributed by atoms with Gasteiger partial charge in [0.2, 0.25) is 0 Å². The first kappa shape index (κ1) is 19.7. The number of rotatable bonds is 4. The molecule has 1 aliphatic rings. The SMILES string of the molecule is O=C(O)c1ccccc1C(=O)N(Cl)c1ccc(-c2ccc3c(c2)OCCO3)cc1F. The van der Waals surface area contributed by atoms with E-state index in [1.807, 2.05) is 0 Å². The van der Waals surface area contributed by atoms with E-state index in [4.69, 9.17) is 21.3 Å². The van der Waals surface area contributed by atoms with E-state index in [0.29, 0.717) is 40.3 Å². The Morgan fingerprint density at radius 3 is 2.23 bits per heavy atom.